The van der Waals surface area contributed by atoms with Gasteiger partial charge >= 0.3 is 25.7 Å². The smallest absolute Gasteiger partial charge is 0.462 e. The summed E-state index contributed by atoms with van der Waals surface area (Å²) in [6, 6.07) is 0. The van der Waals surface area contributed by atoms with Gasteiger partial charge in [-0.05, 0) is 51.4 Å². The number of hydrogen-bond donors (Lipinski definition) is 2. The van der Waals surface area contributed by atoms with Gasteiger partial charge in [0.25, 0.3) is 0 Å². The van der Waals surface area contributed by atoms with Crippen LogP contribution in [-0.4, -0.2) is 66.5 Å². The molecular formula is C48H87O11P. The first-order chi connectivity index (χ1) is 29.2. The number of phosphoric acid groups is 1. The molecule has 0 spiro atoms. The monoisotopic (exact) mass is 871 g/mol. The summed E-state index contributed by atoms with van der Waals surface area (Å²) in [6.07, 6.45) is 39.9. The molecule has 11 nitrogen and oxygen atoms in total. The highest BCUT2D eigenvalue weighted by Crippen LogP contribution is 2.43. The highest BCUT2D eigenvalue weighted by atomic mass is 31.2. The summed E-state index contributed by atoms with van der Waals surface area (Å²) in [5.41, 5.74) is 0. The third kappa shape index (κ3) is 41.1. The average Bonchev–Trinajstić information content (AvgIpc) is 3.23. The zero-order valence-corrected chi connectivity index (χ0v) is 39.1. The van der Waals surface area contributed by atoms with Gasteiger partial charge in [-0.2, -0.15) is 0 Å². The fraction of sp³-hybridized carbons (Fsp3) is 0.812. The molecule has 0 heterocycles. The van der Waals surface area contributed by atoms with E-state index in [9.17, 15) is 28.9 Å². The van der Waals surface area contributed by atoms with Crippen molar-refractivity contribution < 1.29 is 52.2 Å². The van der Waals surface area contributed by atoms with Crippen LogP contribution in [0.15, 0.2) is 36.5 Å². The molecule has 0 aromatic rings. The van der Waals surface area contributed by atoms with E-state index in [4.69, 9.17) is 23.3 Å². The standard InChI is InChI=1S/C48H87O11P/c1-4-7-10-13-16-19-21-22-24-27-30-33-36-39-48(52)59-45(41-55-46(50)37-34-31-28-26-23-20-17-14-11-8-5-2)43-57-60(53,54)56-42-44(40-49)58-47(51)38-35-32-29-25-18-15-12-9-6-3/h7,10,16,19,22,24,44-45,49H,4-6,8-9,11-15,17-18,20-21,23,25-43H2,1-3H3,(H,53,54)/b10-7-,19-16-,24-22-. The van der Waals surface area contributed by atoms with E-state index in [1.54, 1.807) is 0 Å². The summed E-state index contributed by atoms with van der Waals surface area (Å²) in [7, 11) is -4.73. The number of esters is 3. The lowest BCUT2D eigenvalue weighted by Gasteiger charge is -2.21. The van der Waals surface area contributed by atoms with Gasteiger partial charge in [-0.1, -0.05) is 179 Å². The minimum atomic E-state index is -4.73. The molecule has 0 rings (SSSR count). The molecule has 0 fully saturated rings. The van der Waals surface area contributed by atoms with Crippen LogP contribution in [0.4, 0.5) is 0 Å². The Morgan fingerprint density at radius 3 is 1.33 bits per heavy atom. The molecule has 0 aromatic carbocycles. The van der Waals surface area contributed by atoms with Gasteiger partial charge in [-0.3, -0.25) is 23.4 Å². The van der Waals surface area contributed by atoms with Crippen molar-refractivity contribution in [3.05, 3.63) is 36.5 Å². The van der Waals surface area contributed by atoms with Crippen LogP contribution >= 0.6 is 7.82 Å². The summed E-state index contributed by atoms with van der Waals surface area (Å²) in [6.45, 7) is 4.44. The number of allylic oxidation sites excluding steroid dienone is 6. The molecule has 0 aliphatic carbocycles. The van der Waals surface area contributed by atoms with Gasteiger partial charge in [0.1, 0.15) is 12.7 Å². The van der Waals surface area contributed by atoms with Crippen LogP contribution in [0, 0.1) is 0 Å². The van der Waals surface area contributed by atoms with Gasteiger partial charge in [0, 0.05) is 19.3 Å². The Bertz CT molecular complexity index is 1160. The Labute approximate surface area is 365 Å². The van der Waals surface area contributed by atoms with Crippen molar-refractivity contribution in [2.45, 2.75) is 226 Å². The van der Waals surface area contributed by atoms with Gasteiger partial charge in [-0.25, -0.2) is 4.57 Å². The molecule has 0 bridgehead atoms. The van der Waals surface area contributed by atoms with Gasteiger partial charge in [0.15, 0.2) is 6.10 Å². The third-order valence-electron chi connectivity index (χ3n) is 10.1. The third-order valence-corrected chi connectivity index (χ3v) is 11.0. The van der Waals surface area contributed by atoms with Gasteiger partial charge in [-0.15, -0.1) is 0 Å². The Balaban J connectivity index is 4.80. The number of unbranched alkanes of at least 4 members (excludes halogenated alkanes) is 21. The average molecular weight is 871 g/mol. The second-order valence-electron chi connectivity index (χ2n) is 15.9. The molecule has 60 heavy (non-hydrogen) atoms. The molecule has 0 aliphatic heterocycles. The van der Waals surface area contributed by atoms with E-state index in [0.29, 0.717) is 19.3 Å². The molecule has 0 aromatic heterocycles. The van der Waals surface area contributed by atoms with Crippen LogP contribution in [0.1, 0.15) is 213 Å². The normalized spacial score (nSPS) is 13.9. The summed E-state index contributed by atoms with van der Waals surface area (Å²) in [5.74, 6) is -1.50. The number of aliphatic hydroxyl groups excluding tert-OH is 1. The molecule has 2 N–H and O–H groups in total. The number of phosphoric ester groups is 1. The van der Waals surface area contributed by atoms with Crippen LogP contribution in [0.3, 0.4) is 0 Å². The zero-order valence-electron chi connectivity index (χ0n) is 38.2. The largest absolute Gasteiger partial charge is 0.472 e. The fourth-order valence-corrected chi connectivity index (χ4v) is 7.21. The molecule has 350 valence electrons. The molecule has 0 aliphatic rings. The van der Waals surface area contributed by atoms with Crippen LogP contribution in [-0.2, 0) is 42.2 Å². The summed E-state index contributed by atoms with van der Waals surface area (Å²) >= 11 is 0. The fourth-order valence-electron chi connectivity index (χ4n) is 6.43. The summed E-state index contributed by atoms with van der Waals surface area (Å²) in [5, 5.41) is 9.71. The van der Waals surface area contributed by atoms with Crippen molar-refractivity contribution >= 4 is 25.7 Å². The Morgan fingerprint density at radius 2 is 0.867 bits per heavy atom. The number of ether oxygens (including phenoxy) is 3. The predicted molar refractivity (Wildman–Crippen MR) is 242 cm³/mol. The van der Waals surface area contributed by atoms with Crippen LogP contribution in [0.2, 0.25) is 0 Å². The van der Waals surface area contributed by atoms with E-state index in [1.807, 2.05) is 0 Å². The van der Waals surface area contributed by atoms with Crippen molar-refractivity contribution in [1.82, 2.24) is 0 Å². The lowest BCUT2D eigenvalue weighted by Crippen LogP contribution is -2.30. The maximum Gasteiger partial charge on any atom is 0.472 e. The second-order valence-corrected chi connectivity index (χ2v) is 17.4. The summed E-state index contributed by atoms with van der Waals surface area (Å²) in [4.78, 5) is 48.0. The highest BCUT2D eigenvalue weighted by Gasteiger charge is 2.28. The molecule has 3 unspecified atom stereocenters. The van der Waals surface area contributed by atoms with Crippen LogP contribution in [0.25, 0.3) is 0 Å². The lowest BCUT2D eigenvalue weighted by molar-refractivity contribution is -0.161. The van der Waals surface area contributed by atoms with Crippen LogP contribution in [0.5, 0.6) is 0 Å². The summed E-state index contributed by atoms with van der Waals surface area (Å²) < 4.78 is 39.1. The number of carbonyl (C=O) groups excluding carboxylic acids is 3. The number of carbonyl (C=O) groups is 3. The maximum atomic E-state index is 12.8. The second kappa shape index (κ2) is 43.4. The molecule has 12 heteroatoms. The van der Waals surface area contributed by atoms with Crippen LogP contribution < -0.4 is 0 Å². The van der Waals surface area contributed by atoms with Crippen molar-refractivity contribution in [2.24, 2.45) is 0 Å². The topological polar surface area (TPSA) is 155 Å². The maximum absolute atomic E-state index is 12.8. The van der Waals surface area contributed by atoms with E-state index in [2.05, 4.69) is 57.2 Å². The highest BCUT2D eigenvalue weighted by molar-refractivity contribution is 7.47. The first kappa shape index (κ1) is 57.7. The minimum absolute atomic E-state index is 0.136. The molecule has 0 radical (unpaired) electrons. The molecule has 0 saturated carbocycles. The SMILES string of the molecule is CC/C=C\C/C=C\C/C=C\CCCCCC(=O)OC(COC(=O)CCCCCCCCCCCCC)COP(=O)(O)OCC(CO)OC(=O)CCCCCCCCCCC. The van der Waals surface area contributed by atoms with Gasteiger partial charge in [0.2, 0.25) is 0 Å². The lowest BCUT2D eigenvalue weighted by atomic mass is 10.1. The minimum Gasteiger partial charge on any atom is -0.462 e. The van der Waals surface area contributed by atoms with E-state index in [-0.39, 0.29) is 25.9 Å². The van der Waals surface area contributed by atoms with Crippen molar-refractivity contribution in [1.29, 1.82) is 0 Å². The zero-order chi connectivity index (χ0) is 44.2. The van der Waals surface area contributed by atoms with E-state index >= 15 is 0 Å². The molecule has 0 amide bonds. The quantitative estimate of drug-likeness (QED) is 0.0198. The van der Waals surface area contributed by atoms with Crippen molar-refractivity contribution in [3.63, 3.8) is 0 Å². The molecule has 0 saturated heterocycles. The van der Waals surface area contributed by atoms with Crippen molar-refractivity contribution in [2.75, 3.05) is 26.4 Å². The first-order valence-electron chi connectivity index (χ1n) is 23.9. The number of hydrogen-bond acceptors (Lipinski definition) is 10. The van der Waals surface area contributed by atoms with Crippen molar-refractivity contribution in [3.8, 4) is 0 Å². The van der Waals surface area contributed by atoms with Gasteiger partial charge < -0.3 is 24.2 Å². The Hall–Kier alpha value is -2.30. The molecular weight excluding hydrogens is 783 g/mol. The predicted octanol–water partition coefficient (Wildman–Crippen LogP) is 12.9. The first-order valence-corrected chi connectivity index (χ1v) is 25.4. The van der Waals surface area contributed by atoms with E-state index < -0.39 is 57.8 Å². The Kier molecular flexibility index (Phi) is 41.7. The molecule has 3 atom stereocenters. The Morgan fingerprint density at radius 1 is 0.483 bits per heavy atom. The number of aliphatic hydroxyl groups is 1. The number of rotatable bonds is 44. The van der Waals surface area contributed by atoms with E-state index in [0.717, 1.165) is 77.0 Å². The van der Waals surface area contributed by atoms with Gasteiger partial charge in [0.05, 0.1) is 19.8 Å². The van der Waals surface area contributed by atoms with E-state index in [1.165, 1.54) is 77.0 Å².